The minimum atomic E-state index is -4.57. The quantitative estimate of drug-likeness (QED) is 0.584. The fourth-order valence-electron chi connectivity index (χ4n) is 2.87. The third kappa shape index (κ3) is 5.85. The van der Waals surface area contributed by atoms with Crippen LogP contribution in [-0.4, -0.2) is 27.0 Å². The topological polar surface area (TPSA) is 66.5 Å². The largest absolute Gasteiger partial charge is 0.405 e. The Morgan fingerprint density at radius 1 is 0.871 bits per heavy atom. The lowest BCUT2D eigenvalue weighted by Gasteiger charge is -2.25. The third-order valence-corrected chi connectivity index (χ3v) is 6.12. The molecule has 0 aliphatic heterocycles. The van der Waals surface area contributed by atoms with Gasteiger partial charge in [-0.25, -0.2) is 8.42 Å². The Hall–Kier alpha value is -3.33. The molecule has 0 unspecified atom stereocenters. The number of hydrogen-bond donors (Lipinski definition) is 1. The van der Waals surface area contributed by atoms with Crippen LogP contribution in [0, 0.1) is 0 Å². The van der Waals surface area contributed by atoms with Crippen molar-refractivity contribution < 1.29 is 26.4 Å². The van der Waals surface area contributed by atoms with Gasteiger partial charge in [0.15, 0.2) is 0 Å². The normalized spacial score (nSPS) is 11.7. The van der Waals surface area contributed by atoms with E-state index in [1.165, 1.54) is 22.5 Å². The van der Waals surface area contributed by atoms with Gasteiger partial charge in [-0.3, -0.25) is 9.10 Å². The highest BCUT2D eigenvalue weighted by Crippen LogP contribution is 2.26. The van der Waals surface area contributed by atoms with Gasteiger partial charge in [-0.15, -0.1) is 0 Å². The first kappa shape index (κ1) is 22.4. The number of rotatable bonds is 7. The van der Waals surface area contributed by atoms with Crippen molar-refractivity contribution >= 4 is 21.6 Å². The van der Waals surface area contributed by atoms with E-state index in [1.807, 2.05) is 6.07 Å². The molecule has 5 nitrogen and oxygen atoms in total. The lowest BCUT2D eigenvalue weighted by molar-refractivity contribution is -0.123. The molecule has 0 heterocycles. The van der Waals surface area contributed by atoms with E-state index in [0.29, 0.717) is 5.69 Å². The standard InChI is InChI=1S/C22H19F3N2O3S/c23-22(24,25)16-26-21(28)18-10-7-13-20(14-18)31(29,30)27(19-11-5-2-6-12-19)15-17-8-3-1-4-9-17/h1-14H,15-16H2,(H,26,28). The van der Waals surface area contributed by atoms with E-state index in [-0.39, 0.29) is 17.0 Å². The summed E-state index contributed by atoms with van der Waals surface area (Å²) in [5.74, 6) is -1.01. The summed E-state index contributed by atoms with van der Waals surface area (Å²) in [7, 11) is -4.12. The van der Waals surface area contributed by atoms with Crippen molar-refractivity contribution in [2.75, 3.05) is 10.8 Å². The second kappa shape index (κ2) is 9.22. The zero-order chi connectivity index (χ0) is 22.5. The number of anilines is 1. The summed E-state index contributed by atoms with van der Waals surface area (Å²) < 4.78 is 65.2. The van der Waals surface area contributed by atoms with Gasteiger partial charge in [0.05, 0.1) is 17.1 Å². The number of carbonyl (C=O) groups excluding carboxylic acids is 1. The molecule has 0 radical (unpaired) electrons. The van der Waals surface area contributed by atoms with Crippen LogP contribution in [0.1, 0.15) is 15.9 Å². The van der Waals surface area contributed by atoms with Crippen LogP contribution in [-0.2, 0) is 16.6 Å². The van der Waals surface area contributed by atoms with E-state index in [0.717, 1.165) is 11.6 Å². The van der Waals surface area contributed by atoms with Crippen LogP contribution in [0.5, 0.6) is 0 Å². The molecule has 0 saturated heterocycles. The number of nitrogens with zero attached hydrogens (tertiary/aromatic N) is 1. The molecule has 0 spiro atoms. The van der Waals surface area contributed by atoms with E-state index >= 15 is 0 Å². The molecule has 0 aliphatic carbocycles. The number of hydrogen-bond acceptors (Lipinski definition) is 3. The second-order valence-electron chi connectivity index (χ2n) is 6.66. The van der Waals surface area contributed by atoms with Crippen LogP contribution in [0.2, 0.25) is 0 Å². The Bertz CT molecular complexity index is 1140. The maximum Gasteiger partial charge on any atom is 0.405 e. The van der Waals surface area contributed by atoms with Crippen LogP contribution >= 0.6 is 0 Å². The van der Waals surface area contributed by atoms with Gasteiger partial charge in [0, 0.05) is 5.56 Å². The predicted octanol–water partition coefficient (Wildman–Crippen LogP) is 4.37. The number of carbonyl (C=O) groups is 1. The summed E-state index contributed by atoms with van der Waals surface area (Å²) in [6.07, 6.45) is -4.57. The molecule has 0 saturated carbocycles. The van der Waals surface area contributed by atoms with Crippen LogP contribution < -0.4 is 9.62 Å². The van der Waals surface area contributed by atoms with Gasteiger partial charge in [-0.05, 0) is 35.9 Å². The van der Waals surface area contributed by atoms with Crippen molar-refractivity contribution in [2.24, 2.45) is 0 Å². The van der Waals surface area contributed by atoms with Gasteiger partial charge >= 0.3 is 6.18 Å². The molecule has 162 valence electrons. The van der Waals surface area contributed by atoms with E-state index in [9.17, 15) is 26.4 Å². The first-order valence-electron chi connectivity index (χ1n) is 9.23. The molecule has 1 amide bonds. The third-order valence-electron chi connectivity index (χ3n) is 4.35. The van der Waals surface area contributed by atoms with E-state index < -0.39 is 28.7 Å². The number of alkyl halides is 3. The van der Waals surface area contributed by atoms with Crippen molar-refractivity contribution in [2.45, 2.75) is 17.6 Å². The molecule has 31 heavy (non-hydrogen) atoms. The Kier molecular flexibility index (Phi) is 6.65. The number of para-hydroxylation sites is 1. The molecule has 3 aromatic rings. The highest BCUT2D eigenvalue weighted by atomic mass is 32.2. The summed E-state index contributed by atoms with van der Waals surface area (Å²) in [6, 6.07) is 22.3. The van der Waals surface area contributed by atoms with Crippen molar-refractivity contribution in [1.82, 2.24) is 5.32 Å². The Morgan fingerprint density at radius 2 is 1.48 bits per heavy atom. The molecule has 0 aliphatic rings. The van der Waals surface area contributed by atoms with Gasteiger partial charge in [-0.2, -0.15) is 13.2 Å². The average Bonchev–Trinajstić information content (AvgIpc) is 2.76. The molecule has 1 N–H and O–H groups in total. The summed E-state index contributed by atoms with van der Waals surface area (Å²) in [6.45, 7) is -1.47. The molecule has 9 heteroatoms. The minimum Gasteiger partial charge on any atom is -0.343 e. The van der Waals surface area contributed by atoms with Gasteiger partial charge < -0.3 is 5.32 Å². The van der Waals surface area contributed by atoms with Gasteiger partial charge in [0.1, 0.15) is 6.54 Å². The Labute approximate surface area is 178 Å². The Morgan fingerprint density at radius 3 is 2.10 bits per heavy atom. The predicted molar refractivity (Wildman–Crippen MR) is 111 cm³/mol. The lowest BCUT2D eigenvalue weighted by atomic mass is 10.2. The maximum atomic E-state index is 13.4. The number of amides is 1. The van der Waals surface area contributed by atoms with E-state index in [2.05, 4.69) is 0 Å². The minimum absolute atomic E-state index is 0.0394. The smallest absolute Gasteiger partial charge is 0.343 e. The van der Waals surface area contributed by atoms with Crippen molar-refractivity contribution in [3.05, 3.63) is 96.1 Å². The molecule has 0 bridgehead atoms. The van der Waals surface area contributed by atoms with Crippen molar-refractivity contribution in [3.63, 3.8) is 0 Å². The highest BCUT2D eigenvalue weighted by molar-refractivity contribution is 7.92. The summed E-state index contributed by atoms with van der Waals surface area (Å²) >= 11 is 0. The second-order valence-corrected chi connectivity index (χ2v) is 8.52. The monoisotopic (exact) mass is 448 g/mol. The molecule has 3 rings (SSSR count). The summed E-state index contributed by atoms with van der Waals surface area (Å²) in [4.78, 5) is 11.9. The van der Waals surface area contributed by atoms with Crippen molar-refractivity contribution in [3.8, 4) is 0 Å². The lowest BCUT2D eigenvalue weighted by Crippen LogP contribution is -2.34. The molecule has 0 atom stereocenters. The SMILES string of the molecule is O=C(NCC(F)(F)F)c1cccc(S(=O)(=O)N(Cc2ccccc2)c2ccccc2)c1. The van der Waals surface area contributed by atoms with Gasteiger partial charge in [0.25, 0.3) is 15.9 Å². The maximum absolute atomic E-state index is 13.4. The Balaban J connectivity index is 1.95. The number of benzene rings is 3. The number of halogens is 3. The van der Waals surface area contributed by atoms with E-state index in [4.69, 9.17) is 0 Å². The van der Waals surface area contributed by atoms with Crippen LogP contribution in [0.25, 0.3) is 0 Å². The summed E-state index contributed by atoms with van der Waals surface area (Å²) in [5, 5.41) is 1.75. The fourth-order valence-corrected chi connectivity index (χ4v) is 4.37. The van der Waals surface area contributed by atoms with Crippen LogP contribution in [0.3, 0.4) is 0 Å². The van der Waals surface area contributed by atoms with Crippen molar-refractivity contribution in [1.29, 1.82) is 0 Å². The fraction of sp³-hybridized carbons (Fsp3) is 0.136. The number of nitrogens with one attached hydrogen (secondary N) is 1. The van der Waals surface area contributed by atoms with Gasteiger partial charge in [-0.1, -0.05) is 54.6 Å². The average molecular weight is 448 g/mol. The summed E-state index contributed by atoms with van der Waals surface area (Å²) in [5.41, 5.74) is 0.977. The molecular formula is C22H19F3N2O3S. The molecule has 3 aromatic carbocycles. The van der Waals surface area contributed by atoms with Gasteiger partial charge in [0.2, 0.25) is 0 Å². The molecular weight excluding hydrogens is 429 g/mol. The van der Waals surface area contributed by atoms with Crippen LogP contribution in [0.15, 0.2) is 89.8 Å². The number of sulfonamides is 1. The molecule has 0 aromatic heterocycles. The first-order valence-corrected chi connectivity index (χ1v) is 10.7. The van der Waals surface area contributed by atoms with Crippen LogP contribution in [0.4, 0.5) is 18.9 Å². The zero-order valence-corrected chi connectivity index (χ0v) is 17.0. The molecule has 0 fully saturated rings. The highest BCUT2D eigenvalue weighted by Gasteiger charge is 2.29. The van der Waals surface area contributed by atoms with E-state index in [1.54, 1.807) is 59.9 Å². The first-order chi connectivity index (χ1) is 14.7. The zero-order valence-electron chi connectivity index (χ0n) is 16.2.